The molecule has 0 aromatic heterocycles. The van der Waals surface area contributed by atoms with Crippen LogP contribution in [0.4, 0.5) is 4.79 Å². The van der Waals surface area contributed by atoms with Crippen molar-refractivity contribution >= 4 is 12.1 Å². The molecule has 0 heterocycles. The molecule has 0 aliphatic carbocycles. The summed E-state index contributed by atoms with van der Waals surface area (Å²) in [6, 6.07) is 7.52. The SMILES string of the molecule is COC(=O)CCc1ccc(OCCN(C)C(=O)OC(C)(C)C)cc1. The molecule has 24 heavy (non-hydrogen) atoms. The van der Waals surface area contributed by atoms with Crippen molar-refractivity contribution in [3.8, 4) is 5.75 Å². The van der Waals surface area contributed by atoms with Gasteiger partial charge in [-0.05, 0) is 44.9 Å². The highest BCUT2D eigenvalue weighted by atomic mass is 16.6. The predicted molar refractivity (Wildman–Crippen MR) is 91.1 cm³/mol. The van der Waals surface area contributed by atoms with Crippen LogP contribution in [0, 0.1) is 0 Å². The molecule has 6 heteroatoms. The number of methoxy groups -OCH3 is 1. The number of carbonyl (C=O) groups is 2. The van der Waals surface area contributed by atoms with Crippen LogP contribution in [0.25, 0.3) is 0 Å². The molecule has 0 radical (unpaired) electrons. The molecule has 1 aromatic rings. The van der Waals surface area contributed by atoms with Gasteiger partial charge < -0.3 is 19.1 Å². The Kier molecular flexibility index (Phi) is 7.55. The Morgan fingerprint density at radius 3 is 2.29 bits per heavy atom. The molecule has 0 bridgehead atoms. The summed E-state index contributed by atoms with van der Waals surface area (Å²) in [7, 11) is 3.06. The summed E-state index contributed by atoms with van der Waals surface area (Å²) in [4.78, 5) is 24.4. The summed E-state index contributed by atoms with van der Waals surface area (Å²) in [5.41, 5.74) is 0.533. The summed E-state index contributed by atoms with van der Waals surface area (Å²) < 4.78 is 15.5. The van der Waals surface area contributed by atoms with E-state index in [9.17, 15) is 9.59 Å². The molecule has 0 fully saturated rings. The van der Waals surface area contributed by atoms with Crippen LogP contribution in [-0.2, 0) is 20.7 Å². The Morgan fingerprint density at radius 1 is 1.12 bits per heavy atom. The Hall–Kier alpha value is -2.24. The molecule has 0 unspecified atom stereocenters. The van der Waals surface area contributed by atoms with Gasteiger partial charge in [0.2, 0.25) is 0 Å². The summed E-state index contributed by atoms with van der Waals surface area (Å²) in [6.45, 7) is 6.29. The second-order valence-electron chi connectivity index (χ2n) is 6.47. The van der Waals surface area contributed by atoms with Gasteiger partial charge in [0, 0.05) is 13.5 Å². The fraction of sp³-hybridized carbons (Fsp3) is 0.556. The van der Waals surface area contributed by atoms with E-state index in [1.54, 1.807) is 7.05 Å². The Labute approximate surface area is 143 Å². The Morgan fingerprint density at radius 2 is 1.75 bits per heavy atom. The first-order chi connectivity index (χ1) is 11.2. The van der Waals surface area contributed by atoms with Crippen LogP contribution < -0.4 is 4.74 Å². The maximum absolute atomic E-state index is 11.8. The number of esters is 1. The number of hydrogen-bond donors (Lipinski definition) is 0. The molecule has 0 aliphatic rings. The summed E-state index contributed by atoms with van der Waals surface area (Å²) >= 11 is 0. The molecule has 0 saturated heterocycles. The van der Waals surface area contributed by atoms with E-state index in [-0.39, 0.29) is 12.1 Å². The minimum Gasteiger partial charge on any atom is -0.492 e. The Balaban J connectivity index is 2.35. The monoisotopic (exact) mass is 337 g/mol. The van der Waals surface area contributed by atoms with Crippen molar-refractivity contribution in [3.63, 3.8) is 0 Å². The number of benzene rings is 1. The fourth-order valence-corrected chi connectivity index (χ4v) is 1.83. The second-order valence-corrected chi connectivity index (χ2v) is 6.47. The number of hydrogen-bond acceptors (Lipinski definition) is 5. The van der Waals surface area contributed by atoms with Gasteiger partial charge in [0.25, 0.3) is 0 Å². The normalized spacial score (nSPS) is 10.9. The van der Waals surface area contributed by atoms with E-state index in [1.165, 1.54) is 12.0 Å². The van der Waals surface area contributed by atoms with Gasteiger partial charge >= 0.3 is 12.1 Å². The molecule has 0 N–H and O–H groups in total. The van der Waals surface area contributed by atoms with Crippen molar-refractivity contribution in [2.45, 2.75) is 39.2 Å². The van der Waals surface area contributed by atoms with E-state index in [2.05, 4.69) is 4.74 Å². The molecular formula is C18H27NO5. The van der Waals surface area contributed by atoms with Crippen LogP contribution in [-0.4, -0.2) is 49.9 Å². The van der Waals surface area contributed by atoms with Crippen molar-refractivity contribution in [2.75, 3.05) is 27.3 Å². The lowest BCUT2D eigenvalue weighted by molar-refractivity contribution is -0.140. The van der Waals surface area contributed by atoms with Gasteiger partial charge in [-0.3, -0.25) is 4.79 Å². The second kappa shape index (κ2) is 9.15. The molecule has 1 rings (SSSR count). The van der Waals surface area contributed by atoms with E-state index >= 15 is 0 Å². The lowest BCUT2D eigenvalue weighted by atomic mass is 10.1. The van der Waals surface area contributed by atoms with Crippen molar-refractivity contribution in [2.24, 2.45) is 0 Å². The van der Waals surface area contributed by atoms with Gasteiger partial charge in [-0.15, -0.1) is 0 Å². The van der Waals surface area contributed by atoms with E-state index in [0.717, 1.165) is 11.3 Å². The zero-order valence-electron chi connectivity index (χ0n) is 15.1. The van der Waals surface area contributed by atoms with Crippen LogP contribution in [0.5, 0.6) is 5.75 Å². The molecule has 0 aliphatic heterocycles. The quantitative estimate of drug-likeness (QED) is 0.716. The highest BCUT2D eigenvalue weighted by Crippen LogP contribution is 2.14. The van der Waals surface area contributed by atoms with Crippen LogP contribution in [0.3, 0.4) is 0 Å². The number of nitrogens with zero attached hydrogens (tertiary/aromatic N) is 1. The summed E-state index contributed by atoms with van der Waals surface area (Å²) in [5, 5.41) is 0. The van der Waals surface area contributed by atoms with E-state index in [1.807, 2.05) is 45.0 Å². The lowest BCUT2D eigenvalue weighted by Gasteiger charge is -2.24. The smallest absolute Gasteiger partial charge is 0.410 e. The van der Waals surface area contributed by atoms with Gasteiger partial charge in [0.1, 0.15) is 18.0 Å². The lowest BCUT2D eigenvalue weighted by Crippen LogP contribution is -2.36. The van der Waals surface area contributed by atoms with E-state index < -0.39 is 5.60 Å². The van der Waals surface area contributed by atoms with Gasteiger partial charge in [0.05, 0.1) is 13.7 Å². The molecular weight excluding hydrogens is 310 g/mol. The van der Waals surface area contributed by atoms with Crippen molar-refractivity contribution < 1.29 is 23.8 Å². The average Bonchev–Trinajstić information content (AvgIpc) is 2.52. The molecule has 0 saturated carbocycles. The molecule has 1 aromatic carbocycles. The van der Waals surface area contributed by atoms with E-state index in [4.69, 9.17) is 9.47 Å². The molecule has 6 nitrogen and oxygen atoms in total. The number of likely N-dealkylation sites (N-methyl/N-ethyl adjacent to an activating group) is 1. The number of rotatable bonds is 7. The number of amides is 1. The standard InChI is InChI=1S/C18H27NO5/c1-18(2,3)24-17(21)19(4)12-13-23-15-9-6-14(7-10-15)8-11-16(20)22-5/h6-7,9-10H,8,11-13H2,1-5H3. The fourth-order valence-electron chi connectivity index (χ4n) is 1.83. The molecule has 134 valence electrons. The van der Waals surface area contributed by atoms with Crippen LogP contribution in [0.1, 0.15) is 32.8 Å². The number of ether oxygens (including phenoxy) is 3. The maximum Gasteiger partial charge on any atom is 0.410 e. The zero-order chi connectivity index (χ0) is 18.2. The summed E-state index contributed by atoms with van der Waals surface area (Å²) in [5.74, 6) is 0.495. The van der Waals surface area contributed by atoms with Crippen molar-refractivity contribution in [3.05, 3.63) is 29.8 Å². The highest BCUT2D eigenvalue weighted by Gasteiger charge is 2.19. The average molecular weight is 337 g/mol. The first-order valence-corrected chi connectivity index (χ1v) is 7.94. The van der Waals surface area contributed by atoms with Crippen molar-refractivity contribution in [1.82, 2.24) is 4.90 Å². The summed E-state index contributed by atoms with van der Waals surface area (Å²) in [6.07, 6.45) is 0.621. The van der Waals surface area contributed by atoms with Gasteiger partial charge in [-0.1, -0.05) is 12.1 Å². The zero-order valence-corrected chi connectivity index (χ0v) is 15.1. The Bertz CT molecular complexity index is 533. The predicted octanol–water partition coefficient (Wildman–Crippen LogP) is 3.04. The molecule has 1 amide bonds. The van der Waals surface area contributed by atoms with Crippen LogP contribution >= 0.6 is 0 Å². The van der Waals surface area contributed by atoms with Gasteiger partial charge in [0.15, 0.2) is 0 Å². The largest absolute Gasteiger partial charge is 0.492 e. The number of carbonyl (C=O) groups excluding carboxylic acids is 2. The van der Waals surface area contributed by atoms with Crippen LogP contribution in [0.2, 0.25) is 0 Å². The third-order valence-electron chi connectivity index (χ3n) is 3.17. The van der Waals surface area contributed by atoms with Gasteiger partial charge in [-0.25, -0.2) is 4.79 Å². The van der Waals surface area contributed by atoms with E-state index in [0.29, 0.717) is 26.0 Å². The first-order valence-electron chi connectivity index (χ1n) is 7.94. The maximum atomic E-state index is 11.8. The third kappa shape index (κ3) is 7.85. The minimum atomic E-state index is -0.508. The topological polar surface area (TPSA) is 65.1 Å². The third-order valence-corrected chi connectivity index (χ3v) is 3.17. The van der Waals surface area contributed by atoms with Crippen LogP contribution in [0.15, 0.2) is 24.3 Å². The highest BCUT2D eigenvalue weighted by molar-refractivity contribution is 5.69. The van der Waals surface area contributed by atoms with Gasteiger partial charge in [-0.2, -0.15) is 0 Å². The minimum absolute atomic E-state index is 0.222. The van der Waals surface area contributed by atoms with Crippen molar-refractivity contribution in [1.29, 1.82) is 0 Å². The molecule has 0 spiro atoms. The number of aryl methyl sites for hydroxylation is 1. The first kappa shape index (κ1) is 19.8. The molecule has 0 atom stereocenters.